The summed E-state index contributed by atoms with van der Waals surface area (Å²) >= 11 is 3.06. The molecule has 0 aliphatic heterocycles. The highest BCUT2D eigenvalue weighted by Gasteiger charge is 2.33. The lowest BCUT2D eigenvalue weighted by Gasteiger charge is -2.14. The van der Waals surface area contributed by atoms with E-state index in [1.54, 1.807) is 24.3 Å². The largest absolute Gasteiger partial charge is 0.488 e. The van der Waals surface area contributed by atoms with Crippen LogP contribution in [0.5, 0.6) is 0 Å². The molecule has 0 atom stereocenters. The van der Waals surface area contributed by atoms with Gasteiger partial charge in [-0.1, -0.05) is 60.7 Å². The number of aromatic nitrogens is 8. The maximum atomic E-state index is 12.9. The first kappa shape index (κ1) is 98.8. The molecule has 636 valence electrons. The molecule has 0 spiro atoms. The van der Waals surface area contributed by atoms with Crippen LogP contribution in [-0.2, 0) is 102 Å². The van der Waals surface area contributed by atoms with E-state index in [-0.39, 0.29) is 87.3 Å². The molecule has 50 heteroatoms. The van der Waals surface area contributed by atoms with E-state index in [1.807, 2.05) is 0 Å². The highest BCUT2D eigenvalue weighted by molar-refractivity contribution is 9.10. The summed E-state index contributed by atoms with van der Waals surface area (Å²) in [5, 5.41) is 26.4. The fraction of sp³-hybridized carbons (Fsp3) is 0.188. The third-order valence-corrected chi connectivity index (χ3v) is 29.7. The zero-order valence-electron chi connectivity index (χ0n) is 64.2. The second-order valence-corrected chi connectivity index (χ2v) is 42.3. The summed E-state index contributed by atoms with van der Waals surface area (Å²) in [7, 11) is -22.8. The van der Waals surface area contributed by atoms with Crippen LogP contribution >= 0.6 is 31.1 Å². The minimum absolute atomic E-state index is 0.0203. The van der Waals surface area contributed by atoms with Gasteiger partial charge in [-0.3, -0.25) is 13.9 Å². The number of nitrogens with two attached hydrogens (primary N) is 5. The van der Waals surface area contributed by atoms with Crippen LogP contribution in [0.3, 0.4) is 0 Å². The van der Waals surface area contributed by atoms with E-state index >= 15 is 0 Å². The number of carbonyl (C=O) groups is 4. The van der Waals surface area contributed by atoms with Crippen molar-refractivity contribution in [3.05, 3.63) is 203 Å². The van der Waals surface area contributed by atoms with Gasteiger partial charge in [0.25, 0.3) is 0 Å². The maximum Gasteiger partial charge on any atom is 0.488 e. The number of carboxylic acid groups (broad SMARTS) is 1. The summed E-state index contributed by atoms with van der Waals surface area (Å²) in [6.45, 7) is 0. The van der Waals surface area contributed by atoms with Gasteiger partial charge in [-0.15, -0.1) is 0 Å². The lowest BCUT2D eigenvalue weighted by Crippen LogP contribution is -2.29. The number of anilines is 5. The zero-order chi connectivity index (χ0) is 89.6. The van der Waals surface area contributed by atoms with Crippen molar-refractivity contribution in [1.82, 2.24) is 39.9 Å². The Morgan fingerprint density at radius 1 is 0.395 bits per heavy atom. The first-order valence-electron chi connectivity index (χ1n) is 32.8. The topological polar surface area (TPSA) is 657 Å². The molecule has 0 fully saturated rings. The summed E-state index contributed by atoms with van der Waals surface area (Å²) in [5.41, 5.74) is 29.6. The van der Waals surface area contributed by atoms with Gasteiger partial charge in [-0.2, -0.15) is 0 Å². The number of esters is 2. The van der Waals surface area contributed by atoms with E-state index in [0.717, 1.165) is 53.5 Å². The number of nitrogen functional groups attached to an aromatic ring is 5. The molecule has 13 N–H and O–H groups in total. The Bertz CT molecular complexity index is 6150. The number of ketones is 1. The van der Waals surface area contributed by atoms with Crippen molar-refractivity contribution in [3.63, 3.8) is 0 Å². The number of nitrogens with zero attached hydrogens (tertiary/aromatic N) is 8. The van der Waals surface area contributed by atoms with Crippen molar-refractivity contribution in [2.75, 3.05) is 107 Å². The molecule has 0 bridgehead atoms. The molecule has 0 unspecified atom stereocenters. The Morgan fingerprint density at radius 3 is 0.983 bits per heavy atom. The molecular formula is C69H77BBrN13O27P2S6. The number of methoxy groups -OCH3 is 2. The average molecular weight is 1870 g/mol. The van der Waals surface area contributed by atoms with Crippen LogP contribution in [0, 0.1) is 0 Å². The van der Waals surface area contributed by atoms with Crippen LogP contribution in [0.25, 0.3) is 33.8 Å². The molecule has 0 saturated heterocycles. The van der Waals surface area contributed by atoms with Crippen LogP contribution in [0.15, 0.2) is 204 Å². The third-order valence-electron chi connectivity index (χ3n) is 15.4. The lowest BCUT2D eigenvalue weighted by molar-refractivity contribution is 0.0586. The number of hydrogen-bond acceptors (Lipinski definition) is 39. The van der Waals surface area contributed by atoms with Crippen molar-refractivity contribution >= 4 is 155 Å². The van der Waals surface area contributed by atoms with E-state index in [0.29, 0.717) is 49.6 Å². The molecule has 119 heavy (non-hydrogen) atoms. The maximum absolute atomic E-state index is 12.9. The Labute approximate surface area is 692 Å². The molecule has 10 rings (SSSR count). The summed E-state index contributed by atoms with van der Waals surface area (Å²) < 4.78 is 192. The molecule has 0 aliphatic rings. The molecule has 0 amide bonds. The number of benzene rings is 6. The van der Waals surface area contributed by atoms with E-state index in [9.17, 15) is 78.8 Å². The number of sulfone groups is 6. The smallest absolute Gasteiger partial charge is 0.476 e. The molecule has 10 aromatic rings. The van der Waals surface area contributed by atoms with Gasteiger partial charge in [0.05, 0.1) is 85.5 Å². The van der Waals surface area contributed by atoms with Gasteiger partial charge in [0.2, 0.25) is 0 Å². The van der Waals surface area contributed by atoms with E-state index < -0.39 is 116 Å². The van der Waals surface area contributed by atoms with Crippen molar-refractivity contribution in [1.29, 1.82) is 0 Å². The van der Waals surface area contributed by atoms with Crippen LogP contribution in [0.1, 0.15) is 47.5 Å². The summed E-state index contributed by atoms with van der Waals surface area (Å²) in [6.07, 6.45) is 9.80. The van der Waals surface area contributed by atoms with Crippen LogP contribution in [0.4, 0.5) is 29.0 Å². The third kappa shape index (κ3) is 29.3. The van der Waals surface area contributed by atoms with Gasteiger partial charge in [0.15, 0.2) is 116 Å². The molecule has 0 radical (unpaired) electrons. The van der Waals surface area contributed by atoms with Crippen molar-refractivity contribution in [2.24, 2.45) is 0 Å². The number of rotatable bonds is 24. The standard InChI is InChI=1S/C22H24N3O8PS2.C13H13N3O4S.C12H11N3O4S.C9H14NO5PS.C7H9BO4S.C6H6BrN3O2/c1-32-34(27,33-2)14-36(30,31)18-8-4-15(5-9-18)12-20(26)21-22(23)24-13-19(25-21)16-6-10-17(11-7-16)35(3,28)29;1-20-13(17)11-12(14)15-7-10(16-11)8-3-5-9(6-4-8)21(2,18)19;1-20(18,19)8-4-2-7(3-5-8)9-6-14-11(13)10(15-9)12(16)17;1-14-16(11,15-2)7-17(12,13)9-5-3-8(10)4-6-9;1-13(11,12)7-4-2-6(3-5-7)8(9)10;1-12-6(11)4-5(8)9-2-3(7)10-4/h4-11,13H,12,14H2,1-3H3,(H2,23,24);3-7H,1-2H3,(H2,14,15);2-6H,1H3,(H2,13,14)(H,16,17);3-6H,7,10H2,1-2H3;2-5,9-10H,1H3;2H,1H3,(H2,8,9). The van der Waals surface area contributed by atoms with Crippen LogP contribution in [-0.4, -0.2) is 215 Å². The highest BCUT2D eigenvalue weighted by Crippen LogP contribution is 2.49. The van der Waals surface area contributed by atoms with Crippen molar-refractivity contribution in [2.45, 2.75) is 35.8 Å². The lowest BCUT2D eigenvalue weighted by atomic mass is 9.81. The molecule has 4 aromatic heterocycles. The Balaban J connectivity index is 0.000000266. The van der Waals surface area contributed by atoms with Gasteiger partial charge in [0.1, 0.15) is 10.3 Å². The first-order chi connectivity index (χ1) is 55.3. The van der Waals surface area contributed by atoms with Crippen molar-refractivity contribution in [3.8, 4) is 33.8 Å². The molecule has 40 nitrogen and oxygen atoms in total. The fourth-order valence-electron chi connectivity index (χ4n) is 9.04. The van der Waals surface area contributed by atoms with Crippen LogP contribution in [0.2, 0.25) is 0 Å². The van der Waals surface area contributed by atoms with Crippen molar-refractivity contribution < 1.29 is 122 Å². The monoisotopic (exact) mass is 1860 g/mol. The molecule has 0 aliphatic carbocycles. The van der Waals surface area contributed by atoms with Gasteiger partial charge < -0.3 is 71.4 Å². The average Bonchev–Trinajstić information content (AvgIpc) is 0.806. The molecule has 6 aromatic carbocycles. The molecule has 0 saturated carbocycles. The second-order valence-electron chi connectivity index (χ2n) is 24.0. The Kier molecular flexibility index (Phi) is 35.0. The number of halogens is 1. The van der Waals surface area contributed by atoms with Crippen LogP contribution < -0.4 is 34.1 Å². The van der Waals surface area contributed by atoms with Gasteiger partial charge in [-0.05, 0) is 112 Å². The fourth-order valence-corrected chi connectivity index (χ4v) is 19.4. The SMILES string of the molecule is COC(=O)c1nc(-c2ccc(S(C)(=O)=O)cc2)cnc1N.COC(=O)c1nc(Br)cnc1N.COP(=O)(CS(=O)(=O)c1ccc(CC(=O)c2nc(-c3ccc(S(C)(=O)=O)cc3)cnc2N)cc1)OC.COP(=O)(CS(=O)(=O)c1ccc(N)cc1)OC.CS(=O)(=O)c1ccc(-c2cnc(N)c(C(=O)O)n2)cc1.CS(=O)(=O)c1ccc(B(O)O)cc1. The van der Waals surface area contributed by atoms with E-state index in [2.05, 4.69) is 74.3 Å². The second kappa shape index (κ2) is 42.2. The van der Waals surface area contributed by atoms with Gasteiger partial charge in [-0.25, -0.2) is 105 Å². The minimum atomic E-state index is -3.97. The zero-order valence-corrected chi connectivity index (χ0v) is 72.5. The quantitative estimate of drug-likeness (QED) is 0.0124. The number of Topliss-reactive ketones (excluding diaryl/α,β-unsaturated/α-hetero) is 1. The molecular weight excluding hydrogens is 1790 g/mol. The number of aromatic carboxylic acids is 1. The molecule has 4 heterocycles. The number of ether oxygens (including phenoxy) is 2. The first-order valence-corrected chi connectivity index (χ1v) is 47.9. The predicted octanol–water partition coefficient (Wildman–Crippen LogP) is 5.38. The van der Waals surface area contributed by atoms with E-state index in [4.69, 9.17) is 52.9 Å². The highest BCUT2D eigenvalue weighted by atomic mass is 79.9. The summed E-state index contributed by atoms with van der Waals surface area (Å²) in [4.78, 5) is 78.4. The van der Waals surface area contributed by atoms with E-state index in [1.165, 1.54) is 160 Å². The number of carboxylic acids is 1. The number of carbonyl (C=O) groups excluding carboxylic acids is 3. The Morgan fingerprint density at radius 2 is 0.672 bits per heavy atom. The Hall–Kier alpha value is -10.8. The predicted molar refractivity (Wildman–Crippen MR) is 441 cm³/mol. The summed E-state index contributed by atoms with van der Waals surface area (Å²) in [6, 6.07) is 34.4. The van der Waals surface area contributed by atoms with Gasteiger partial charge >= 0.3 is 40.2 Å². The minimum Gasteiger partial charge on any atom is -0.476 e. The number of hydrogen-bond donors (Lipinski definition) is 8. The normalized spacial score (nSPS) is 11.6. The summed E-state index contributed by atoms with van der Waals surface area (Å²) in [5.74, 6) is -3.23. The van der Waals surface area contributed by atoms with Gasteiger partial charge in [0, 0.05) is 82.3 Å².